The molecule has 1 aromatic carbocycles. The minimum absolute atomic E-state index is 0.0373. The number of anilines is 1. The van der Waals surface area contributed by atoms with Gasteiger partial charge in [-0.3, -0.25) is 4.79 Å². The molecule has 0 amide bonds. The molecule has 20 heavy (non-hydrogen) atoms. The van der Waals surface area contributed by atoms with E-state index in [4.69, 9.17) is 10.8 Å². The molecule has 106 valence electrons. The first kappa shape index (κ1) is 14.2. The van der Waals surface area contributed by atoms with Gasteiger partial charge in [0.05, 0.1) is 24.8 Å². The van der Waals surface area contributed by atoms with Crippen molar-refractivity contribution < 1.29 is 19.4 Å². The lowest BCUT2D eigenvalue weighted by Gasteiger charge is -2.08. The van der Waals surface area contributed by atoms with Crippen LogP contribution in [0.1, 0.15) is 10.4 Å². The summed E-state index contributed by atoms with van der Waals surface area (Å²) in [6, 6.07) is 5.47. The third kappa shape index (κ3) is 2.68. The van der Waals surface area contributed by atoms with Gasteiger partial charge < -0.3 is 15.9 Å². The Morgan fingerprint density at radius 3 is 2.60 bits per heavy atom. The first-order chi connectivity index (χ1) is 9.56. The molecule has 0 saturated heterocycles. The Morgan fingerprint density at radius 2 is 2.05 bits per heavy atom. The van der Waals surface area contributed by atoms with Gasteiger partial charge in [0.15, 0.2) is 6.29 Å². The summed E-state index contributed by atoms with van der Waals surface area (Å²) in [7, 11) is 0. The SMILES string of the molecule is Nc1c(C=O)c(-c2ccc(F)cc2)nn1CC(O)CO. The molecule has 0 saturated carbocycles. The fourth-order valence-corrected chi connectivity index (χ4v) is 1.82. The van der Waals surface area contributed by atoms with Gasteiger partial charge in [-0.2, -0.15) is 5.10 Å². The Hall–Kier alpha value is -2.25. The molecule has 1 unspecified atom stereocenters. The Labute approximate surface area is 114 Å². The maximum atomic E-state index is 12.9. The van der Waals surface area contributed by atoms with Crippen LogP contribution in [0.25, 0.3) is 11.3 Å². The van der Waals surface area contributed by atoms with Crippen LogP contribution in [0.4, 0.5) is 10.2 Å². The second-order valence-electron chi connectivity index (χ2n) is 4.29. The predicted molar refractivity (Wildman–Crippen MR) is 70.5 cm³/mol. The highest BCUT2D eigenvalue weighted by atomic mass is 19.1. The molecule has 2 aromatic rings. The normalized spacial score (nSPS) is 12.3. The predicted octanol–water partition coefficient (Wildman–Crippen LogP) is 0.437. The molecule has 7 heteroatoms. The summed E-state index contributed by atoms with van der Waals surface area (Å²) in [5, 5.41) is 22.4. The van der Waals surface area contributed by atoms with E-state index in [1.54, 1.807) is 0 Å². The topological polar surface area (TPSA) is 101 Å². The Morgan fingerprint density at radius 1 is 1.40 bits per heavy atom. The van der Waals surface area contributed by atoms with Crippen molar-refractivity contribution in [2.75, 3.05) is 12.3 Å². The van der Waals surface area contributed by atoms with Crippen LogP contribution in [0.3, 0.4) is 0 Å². The Bertz CT molecular complexity index is 610. The van der Waals surface area contributed by atoms with Gasteiger partial charge in [0.2, 0.25) is 0 Å². The maximum Gasteiger partial charge on any atom is 0.156 e. The lowest BCUT2D eigenvalue weighted by Crippen LogP contribution is -2.21. The second kappa shape index (κ2) is 5.81. The fourth-order valence-electron chi connectivity index (χ4n) is 1.82. The largest absolute Gasteiger partial charge is 0.394 e. The highest BCUT2D eigenvalue weighted by Gasteiger charge is 2.18. The third-order valence-corrected chi connectivity index (χ3v) is 2.86. The highest BCUT2D eigenvalue weighted by molar-refractivity contribution is 5.91. The number of aromatic nitrogens is 2. The number of nitrogens with two attached hydrogens (primary N) is 1. The number of rotatable bonds is 5. The standard InChI is InChI=1S/C13H14FN3O3/c14-9-3-1-8(2-4-9)12-11(7-19)13(15)17(16-12)5-10(20)6-18/h1-4,7,10,18,20H,5-6,15H2. The van der Waals surface area contributed by atoms with E-state index >= 15 is 0 Å². The molecular weight excluding hydrogens is 265 g/mol. The summed E-state index contributed by atoms with van der Waals surface area (Å²) in [4.78, 5) is 11.1. The summed E-state index contributed by atoms with van der Waals surface area (Å²) < 4.78 is 14.1. The average molecular weight is 279 g/mol. The van der Waals surface area contributed by atoms with Crippen molar-refractivity contribution in [2.45, 2.75) is 12.6 Å². The Balaban J connectivity index is 2.45. The number of carbonyl (C=O) groups excluding carboxylic acids is 1. The molecule has 0 fully saturated rings. The smallest absolute Gasteiger partial charge is 0.156 e. The molecule has 0 bridgehead atoms. The number of aldehydes is 1. The van der Waals surface area contributed by atoms with Gasteiger partial charge in [0.1, 0.15) is 17.3 Å². The van der Waals surface area contributed by atoms with E-state index in [0.29, 0.717) is 17.5 Å². The molecule has 6 nitrogen and oxygen atoms in total. The van der Waals surface area contributed by atoms with Crippen LogP contribution < -0.4 is 5.73 Å². The lowest BCUT2D eigenvalue weighted by molar-refractivity contribution is 0.0788. The summed E-state index contributed by atoms with van der Waals surface area (Å²) in [5.41, 5.74) is 6.80. The van der Waals surface area contributed by atoms with E-state index in [1.165, 1.54) is 28.9 Å². The zero-order valence-electron chi connectivity index (χ0n) is 10.5. The highest BCUT2D eigenvalue weighted by Crippen LogP contribution is 2.26. The van der Waals surface area contributed by atoms with Gasteiger partial charge in [-0.25, -0.2) is 9.07 Å². The number of benzene rings is 1. The van der Waals surface area contributed by atoms with Crippen molar-refractivity contribution in [3.05, 3.63) is 35.6 Å². The number of halogens is 1. The van der Waals surface area contributed by atoms with Crippen LogP contribution in [-0.2, 0) is 6.54 Å². The fraction of sp³-hybridized carbons (Fsp3) is 0.231. The number of hydrogen-bond donors (Lipinski definition) is 3. The van der Waals surface area contributed by atoms with Crippen LogP contribution in [0.5, 0.6) is 0 Å². The summed E-state index contributed by atoms with van der Waals surface area (Å²) in [5.74, 6) is -0.309. The van der Waals surface area contributed by atoms with Crippen molar-refractivity contribution in [1.82, 2.24) is 9.78 Å². The minimum atomic E-state index is -1.03. The van der Waals surface area contributed by atoms with Crippen LogP contribution in [0.15, 0.2) is 24.3 Å². The van der Waals surface area contributed by atoms with Crippen molar-refractivity contribution in [3.63, 3.8) is 0 Å². The van der Waals surface area contributed by atoms with Gasteiger partial charge in [-0.1, -0.05) is 0 Å². The van der Waals surface area contributed by atoms with Crippen LogP contribution in [-0.4, -0.2) is 39.0 Å². The van der Waals surface area contributed by atoms with E-state index < -0.39 is 18.5 Å². The monoisotopic (exact) mass is 279 g/mol. The lowest BCUT2D eigenvalue weighted by atomic mass is 10.1. The van der Waals surface area contributed by atoms with Crippen LogP contribution in [0, 0.1) is 5.82 Å². The van der Waals surface area contributed by atoms with E-state index in [0.717, 1.165) is 0 Å². The van der Waals surface area contributed by atoms with Crippen molar-refractivity contribution in [3.8, 4) is 11.3 Å². The van der Waals surface area contributed by atoms with Crippen molar-refractivity contribution >= 4 is 12.1 Å². The molecule has 1 atom stereocenters. The summed E-state index contributed by atoms with van der Waals surface area (Å²) in [6.07, 6.45) is -0.471. The molecule has 1 heterocycles. The van der Waals surface area contributed by atoms with E-state index in [2.05, 4.69) is 5.10 Å². The van der Waals surface area contributed by atoms with Gasteiger partial charge in [0.25, 0.3) is 0 Å². The number of hydrogen-bond acceptors (Lipinski definition) is 5. The van der Waals surface area contributed by atoms with Crippen LogP contribution in [0.2, 0.25) is 0 Å². The minimum Gasteiger partial charge on any atom is -0.394 e. The van der Waals surface area contributed by atoms with Gasteiger partial charge >= 0.3 is 0 Å². The first-order valence-corrected chi connectivity index (χ1v) is 5.93. The Kier molecular flexibility index (Phi) is 4.11. The molecule has 1 aromatic heterocycles. The molecule has 0 aliphatic heterocycles. The molecule has 0 spiro atoms. The average Bonchev–Trinajstić information content (AvgIpc) is 2.76. The molecule has 0 aliphatic carbocycles. The summed E-state index contributed by atoms with van der Waals surface area (Å²) >= 11 is 0. The summed E-state index contributed by atoms with van der Waals surface area (Å²) in [6.45, 7) is -0.480. The molecule has 0 radical (unpaired) electrons. The van der Waals surface area contributed by atoms with E-state index in [-0.39, 0.29) is 17.9 Å². The number of nitrogen functional groups attached to an aromatic ring is 1. The zero-order valence-corrected chi connectivity index (χ0v) is 10.5. The van der Waals surface area contributed by atoms with Crippen molar-refractivity contribution in [2.24, 2.45) is 0 Å². The molecular formula is C13H14FN3O3. The third-order valence-electron chi connectivity index (χ3n) is 2.86. The van der Waals surface area contributed by atoms with Gasteiger partial charge in [-0.05, 0) is 24.3 Å². The molecule has 0 aliphatic rings. The van der Waals surface area contributed by atoms with Gasteiger partial charge in [0, 0.05) is 5.56 Å². The second-order valence-corrected chi connectivity index (χ2v) is 4.29. The van der Waals surface area contributed by atoms with Crippen molar-refractivity contribution in [1.29, 1.82) is 0 Å². The first-order valence-electron chi connectivity index (χ1n) is 5.93. The van der Waals surface area contributed by atoms with Crippen LogP contribution >= 0.6 is 0 Å². The number of aliphatic hydroxyl groups is 2. The maximum absolute atomic E-state index is 12.9. The van der Waals surface area contributed by atoms with E-state index in [9.17, 15) is 14.3 Å². The molecule has 4 N–H and O–H groups in total. The zero-order chi connectivity index (χ0) is 14.7. The quantitative estimate of drug-likeness (QED) is 0.689. The number of carbonyl (C=O) groups is 1. The van der Waals surface area contributed by atoms with E-state index in [1.807, 2.05) is 0 Å². The number of nitrogens with zero attached hydrogens (tertiary/aromatic N) is 2. The number of aliphatic hydroxyl groups excluding tert-OH is 2. The van der Waals surface area contributed by atoms with Gasteiger partial charge in [-0.15, -0.1) is 0 Å². The molecule has 2 rings (SSSR count).